The van der Waals surface area contributed by atoms with Crippen LogP contribution in [0.1, 0.15) is 71.0 Å². The molecule has 1 atom stereocenters. The minimum Gasteiger partial charge on any atom is -0.345 e. The molecule has 0 fully saturated rings. The van der Waals surface area contributed by atoms with Crippen LogP contribution in [0.5, 0.6) is 0 Å². The Balaban J connectivity index is 1.36. The van der Waals surface area contributed by atoms with E-state index in [1.54, 1.807) is 0 Å². The second-order valence-electron chi connectivity index (χ2n) is 10.5. The molecule has 0 aliphatic rings. The zero-order chi connectivity index (χ0) is 26.8. The topological polar surface area (TPSA) is 46.9 Å². The molecule has 0 saturated heterocycles. The molecule has 1 amide bonds. The molecule has 0 bridgehead atoms. The number of fused-ring (bicyclic) bond motifs is 1. The maximum Gasteiger partial charge on any atom is 0.251 e. The van der Waals surface area contributed by atoms with Crippen LogP contribution in [0, 0.1) is 13.8 Å². The van der Waals surface area contributed by atoms with Crippen molar-refractivity contribution in [1.29, 1.82) is 0 Å². The number of carbonyl (C=O) groups excluding carboxylic acids is 1. The first-order valence-electron chi connectivity index (χ1n) is 13.3. The number of amides is 1. The SMILES string of the molecule is Cc1c(C)n(Cc2ccc(-c3ccccc3)cc2)c2ccc(C(=O)N[C@@H](C)c3cncc(C(C)C)c3)cc12. The number of aryl methyl sites for hydroxylation is 1. The highest BCUT2D eigenvalue weighted by Gasteiger charge is 2.17. The highest BCUT2D eigenvalue weighted by Crippen LogP contribution is 2.28. The van der Waals surface area contributed by atoms with Gasteiger partial charge in [-0.3, -0.25) is 9.78 Å². The van der Waals surface area contributed by atoms with Crippen LogP contribution in [0.3, 0.4) is 0 Å². The lowest BCUT2D eigenvalue weighted by Gasteiger charge is -2.16. The van der Waals surface area contributed by atoms with Crippen LogP contribution in [0.2, 0.25) is 0 Å². The van der Waals surface area contributed by atoms with E-state index in [2.05, 4.69) is 103 Å². The van der Waals surface area contributed by atoms with Crippen LogP contribution in [0.15, 0.2) is 91.3 Å². The Morgan fingerprint density at radius 3 is 2.24 bits per heavy atom. The summed E-state index contributed by atoms with van der Waals surface area (Å²) in [7, 11) is 0. The zero-order valence-electron chi connectivity index (χ0n) is 22.8. The van der Waals surface area contributed by atoms with Crippen molar-refractivity contribution in [2.45, 2.75) is 53.1 Å². The molecule has 4 nitrogen and oxygen atoms in total. The van der Waals surface area contributed by atoms with Gasteiger partial charge in [-0.1, -0.05) is 74.5 Å². The summed E-state index contributed by atoms with van der Waals surface area (Å²) < 4.78 is 2.34. The summed E-state index contributed by atoms with van der Waals surface area (Å²) >= 11 is 0. The molecule has 0 spiro atoms. The van der Waals surface area contributed by atoms with Crippen molar-refractivity contribution in [3.8, 4) is 11.1 Å². The normalized spacial score (nSPS) is 12.2. The summed E-state index contributed by atoms with van der Waals surface area (Å²) in [6.07, 6.45) is 3.73. The predicted molar refractivity (Wildman–Crippen MR) is 157 cm³/mol. The summed E-state index contributed by atoms with van der Waals surface area (Å²) in [5.41, 5.74) is 10.1. The molecular formula is C34H35N3O. The van der Waals surface area contributed by atoms with Crippen molar-refractivity contribution in [2.75, 3.05) is 0 Å². The molecule has 0 saturated carbocycles. The summed E-state index contributed by atoms with van der Waals surface area (Å²) in [6.45, 7) is 11.4. The van der Waals surface area contributed by atoms with Gasteiger partial charge < -0.3 is 9.88 Å². The summed E-state index contributed by atoms with van der Waals surface area (Å²) in [5.74, 6) is 0.320. The lowest BCUT2D eigenvalue weighted by Crippen LogP contribution is -2.26. The number of hydrogen-bond donors (Lipinski definition) is 1. The first-order chi connectivity index (χ1) is 18.3. The molecule has 0 aliphatic heterocycles. The third-order valence-corrected chi connectivity index (χ3v) is 7.60. The highest BCUT2D eigenvalue weighted by molar-refractivity contribution is 5.99. The Morgan fingerprint density at radius 2 is 1.53 bits per heavy atom. The minimum absolute atomic E-state index is 0.0735. The van der Waals surface area contributed by atoms with Crippen LogP contribution >= 0.6 is 0 Å². The summed E-state index contributed by atoms with van der Waals surface area (Å²) in [4.78, 5) is 17.6. The fourth-order valence-corrected chi connectivity index (χ4v) is 5.00. The van der Waals surface area contributed by atoms with Crippen molar-refractivity contribution in [2.24, 2.45) is 0 Å². The van der Waals surface area contributed by atoms with Gasteiger partial charge in [-0.2, -0.15) is 0 Å². The lowest BCUT2D eigenvalue weighted by atomic mass is 10.0. The first kappa shape index (κ1) is 25.5. The van der Waals surface area contributed by atoms with Crippen molar-refractivity contribution in [3.05, 3.63) is 125 Å². The van der Waals surface area contributed by atoms with Crippen LogP contribution in [0.25, 0.3) is 22.0 Å². The van der Waals surface area contributed by atoms with Gasteiger partial charge in [0.25, 0.3) is 5.91 Å². The molecule has 4 heteroatoms. The quantitative estimate of drug-likeness (QED) is 0.246. The van der Waals surface area contributed by atoms with Gasteiger partial charge in [0.15, 0.2) is 0 Å². The van der Waals surface area contributed by atoms with E-state index in [-0.39, 0.29) is 11.9 Å². The Labute approximate surface area is 225 Å². The number of pyridine rings is 1. The Kier molecular flexibility index (Phi) is 7.15. The number of benzene rings is 3. The van der Waals surface area contributed by atoms with Gasteiger partial charge in [0.1, 0.15) is 0 Å². The van der Waals surface area contributed by atoms with E-state index >= 15 is 0 Å². The van der Waals surface area contributed by atoms with Crippen LogP contribution in [0.4, 0.5) is 0 Å². The Bertz CT molecular complexity index is 1580. The number of aromatic nitrogens is 2. The van der Waals surface area contributed by atoms with Gasteiger partial charge in [0.05, 0.1) is 6.04 Å². The van der Waals surface area contributed by atoms with Crippen LogP contribution < -0.4 is 5.32 Å². The number of rotatable bonds is 7. The van der Waals surface area contributed by atoms with Crippen molar-refractivity contribution in [1.82, 2.24) is 14.9 Å². The molecule has 2 aromatic heterocycles. The maximum atomic E-state index is 13.2. The number of hydrogen-bond acceptors (Lipinski definition) is 2. The molecule has 0 aliphatic carbocycles. The fraction of sp³-hybridized carbons (Fsp3) is 0.235. The molecule has 1 N–H and O–H groups in total. The third kappa shape index (κ3) is 5.12. The van der Waals surface area contributed by atoms with Gasteiger partial charge in [-0.05, 0) is 78.3 Å². The van der Waals surface area contributed by atoms with Crippen molar-refractivity contribution in [3.63, 3.8) is 0 Å². The summed E-state index contributed by atoms with van der Waals surface area (Å²) in [5, 5.41) is 4.27. The molecular weight excluding hydrogens is 466 g/mol. The predicted octanol–water partition coefficient (Wildman–Crippen LogP) is 7.98. The molecule has 5 rings (SSSR count). The van der Waals surface area contributed by atoms with Gasteiger partial charge in [0.2, 0.25) is 0 Å². The van der Waals surface area contributed by atoms with E-state index in [1.165, 1.54) is 33.5 Å². The number of nitrogens with zero attached hydrogens (tertiary/aromatic N) is 2. The average molecular weight is 502 g/mol. The maximum absolute atomic E-state index is 13.2. The molecule has 5 aromatic rings. The molecule has 0 radical (unpaired) electrons. The zero-order valence-corrected chi connectivity index (χ0v) is 22.8. The van der Waals surface area contributed by atoms with Gasteiger partial charge in [0, 0.05) is 41.1 Å². The van der Waals surface area contributed by atoms with E-state index in [1.807, 2.05) is 37.5 Å². The van der Waals surface area contributed by atoms with Crippen molar-refractivity contribution >= 4 is 16.8 Å². The first-order valence-corrected chi connectivity index (χ1v) is 13.3. The van der Waals surface area contributed by atoms with E-state index in [9.17, 15) is 4.79 Å². The number of nitrogens with one attached hydrogen (secondary N) is 1. The Hall–Kier alpha value is -4.18. The van der Waals surface area contributed by atoms with E-state index in [4.69, 9.17) is 0 Å². The lowest BCUT2D eigenvalue weighted by molar-refractivity contribution is 0.0940. The highest BCUT2D eigenvalue weighted by atomic mass is 16.1. The molecule has 3 aromatic carbocycles. The summed E-state index contributed by atoms with van der Waals surface area (Å²) in [6, 6.07) is 27.3. The van der Waals surface area contributed by atoms with Crippen LogP contribution in [-0.4, -0.2) is 15.5 Å². The second-order valence-corrected chi connectivity index (χ2v) is 10.5. The van der Waals surface area contributed by atoms with Crippen molar-refractivity contribution < 1.29 is 4.79 Å². The standard InChI is InChI=1S/C34H35N3O/c1-22(2)30-17-31(20-35-19-30)24(4)36-34(38)29-15-16-33-32(18-29)23(3)25(5)37(33)21-26-11-13-28(14-12-26)27-9-7-6-8-10-27/h6-20,22,24H,21H2,1-5H3,(H,36,38)/t24-/m0/s1. The van der Waals surface area contributed by atoms with Gasteiger partial charge in [-0.25, -0.2) is 0 Å². The number of carbonyl (C=O) groups is 1. The molecule has 0 unspecified atom stereocenters. The monoisotopic (exact) mass is 501 g/mol. The minimum atomic E-state index is -0.129. The van der Waals surface area contributed by atoms with Crippen LogP contribution in [-0.2, 0) is 6.54 Å². The third-order valence-electron chi connectivity index (χ3n) is 7.60. The van der Waals surface area contributed by atoms with E-state index in [0.29, 0.717) is 11.5 Å². The average Bonchev–Trinajstić information content (AvgIpc) is 3.18. The molecule has 2 heterocycles. The van der Waals surface area contributed by atoms with E-state index in [0.717, 1.165) is 23.0 Å². The smallest absolute Gasteiger partial charge is 0.251 e. The molecule has 192 valence electrons. The largest absolute Gasteiger partial charge is 0.345 e. The molecule has 38 heavy (non-hydrogen) atoms. The Morgan fingerprint density at radius 1 is 0.842 bits per heavy atom. The second kappa shape index (κ2) is 10.7. The van der Waals surface area contributed by atoms with Gasteiger partial charge in [-0.15, -0.1) is 0 Å². The fourth-order valence-electron chi connectivity index (χ4n) is 5.00. The van der Waals surface area contributed by atoms with Gasteiger partial charge >= 0.3 is 0 Å². The van der Waals surface area contributed by atoms with E-state index < -0.39 is 0 Å².